The van der Waals surface area contributed by atoms with Crippen LogP contribution in [0.2, 0.25) is 0 Å². The Kier molecular flexibility index (Phi) is 7.81. The second kappa shape index (κ2) is 10.8. The van der Waals surface area contributed by atoms with E-state index in [0.29, 0.717) is 11.5 Å². The van der Waals surface area contributed by atoms with Crippen molar-refractivity contribution in [2.75, 3.05) is 0 Å². The van der Waals surface area contributed by atoms with Gasteiger partial charge in [0.1, 0.15) is 11.6 Å². The Morgan fingerprint density at radius 2 is 1.62 bits per heavy atom. The van der Waals surface area contributed by atoms with Crippen molar-refractivity contribution >= 4 is 6.08 Å². The van der Waals surface area contributed by atoms with E-state index >= 15 is 8.78 Å². The predicted molar refractivity (Wildman–Crippen MR) is 131 cm³/mol. The van der Waals surface area contributed by atoms with Gasteiger partial charge >= 0.3 is 0 Å². The number of benzene rings is 2. The molecule has 0 saturated heterocycles. The van der Waals surface area contributed by atoms with Gasteiger partial charge in [-0.2, -0.15) is 0 Å². The number of unbranched alkanes of at least 4 members (excludes halogenated alkanes) is 2. The van der Waals surface area contributed by atoms with Gasteiger partial charge in [0.2, 0.25) is 0 Å². The molecule has 0 spiro atoms. The van der Waals surface area contributed by atoms with E-state index in [1.165, 1.54) is 55.2 Å². The number of allylic oxidation sites excluding steroid dienone is 1. The maximum absolute atomic E-state index is 15.2. The van der Waals surface area contributed by atoms with Crippen molar-refractivity contribution in [2.24, 2.45) is 5.92 Å². The third-order valence-electron chi connectivity index (χ3n) is 7.86. The van der Waals surface area contributed by atoms with Crippen LogP contribution in [0.25, 0.3) is 6.08 Å². The van der Waals surface area contributed by atoms with Crippen molar-refractivity contribution in [3.05, 3.63) is 75.9 Å². The van der Waals surface area contributed by atoms with Gasteiger partial charge in [0.05, 0.1) is 0 Å². The smallest absolute Gasteiger partial charge is 0.129 e. The largest absolute Gasteiger partial charge is 0.207 e. The topological polar surface area (TPSA) is 0 Å². The van der Waals surface area contributed by atoms with E-state index in [1.807, 2.05) is 13.0 Å². The molecule has 0 amide bonds. The van der Waals surface area contributed by atoms with Crippen LogP contribution in [0.3, 0.4) is 0 Å². The Morgan fingerprint density at radius 3 is 2.31 bits per heavy atom. The minimum Gasteiger partial charge on any atom is -0.207 e. The SMILES string of the molecule is C/C=C/c1ccc2c(c1)CCC(c1c(F)cc(C3CCC(CCCCC)CC3)cc1F)C2. The second-order valence-electron chi connectivity index (χ2n) is 10.1. The summed E-state index contributed by atoms with van der Waals surface area (Å²) in [4.78, 5) is 0. The molecule has 2 heteroatoms. The van der Waals surface area contributed by atoms with Crippen LogP contribution in [0.1, 0.15) is 111 Å². The van der Waals surface area contributed by atoms with Crippen molar-refractivity contribution < 1.29 is 8.78 Å². The molecule has 2 aromatic rings. The zero-order valence-electron chi connectivity index (χ0n) is 19.8. The zero-order valence-corrected chi connectivity index (χ0v) is 19.8. The van der Waals surface area contributed by atoms with Gasteiger partial charge in [-0.1, -0.05) is 63.0 Å². The van der Waals surface area contributed by atoms with E-state index < -0.39 is 0 Å². The molecule has 172 valence electrons. The van der Waals surface area contributed by atoms with Crippen LogP contribution in [0.15, 0.2) is 36.4 Å². The van der Waals surface area contributed by atoms with Crippen LogP contribution in [0, 0.1) is 17.6 Å². The highest BCUT2D eigenvalue weighted by Crippen LogP contribution is 2.41. The average Bonchev–Trinajstić information content (AvgIpc) is 2.79. The lowest BCUT2D eigenvalue weighted by Gasteiger charge is -2.30. The maximum atomic E-state index is 15.2. The highest BCUT2D eigenvalue weighted by Gasteiger charge is 2.28. The normalized spacial score (nSPS) is 23.4. The van der Waals surface area contributed by atoms with Gasteiger partial charge in [-0.25, -0.2) is 8.78 Å². The first-order chi connectivity index (χ1) is 15.6. The van der Waals surface area contributed by atoms with E-state index in [1.54, 1.807) is 12.1 Å². The van der Waals surface area contributed by atoms with Gasteiger partial charge in [-0.15, -0.1) is 0 Å². The van der Waals surface area contributed by atoms with Crippen molar-refractivity contribution in [3.63, 3.8) is 0 Å². The molecule has 0 aliphatic heterocycles. The standard InChI is InChI=1S/C30H38F2/c1-3-5-6-8-21-9-12-23(13-10-21)27-19-28(31)30(29(32)20-27)26-16-15-24-17-22(7-4-2)11-14-25(24)18-26/h4,7,11,14,17,19-21,23,26H,3,5-6,8-10,12-13,15-16,18H2,1-2H3/b7-4+. The van der Waals surface area contributed by atoms with Crippen molar-refractivity contribution in [2.45, 2.75) is 96.3 Å². The fraction of sp³-hybridized carbons (Fsp3) is 0.533. The highest BCUT2D eigenvalue weighted by molar-refractivity contribution is 5.52. The number of hydrogen-bond acceptors (Lipinski definition) is 0. The van der Waals surface area contributed by atoms with E-state index in [-0.39, 0.29) is 17.6 Å². The Bertz CT molecular complexity index is 911. The lowest BCUT2D eigenvalue weighted by Crippen LogP contribution is -2.17. The van der Waals surface area contributed by atoms with Gasteiger partial charge in [-0.05, 0) is 104 Å². The van der Waals surface area contributed by atoms with Crippen molar-refractivity contribution in [1.29, 1.82) is 0 Å². The molecule has 2 aliphatic carbocycles. The predicted octanol–water partition coefficient (Wildman–Crippen LogP) is 9.12. The van der Waals surface area contributed by atoms with Gasteiger partial charge in [0.15, 0.2) is 0 Å². The molecule has 0 radical (unpaired) electrons. The molecule has 0 nitrogen and oxygen atoms in total. The lowest BCUT2D eigenvalue weighted by molar-refractivity contribution is 0.302. The van der Waals surface area contributed by atoms with E-state index in [0.717, 1.165) is 43.6 Å². The molecule has 0 N–H and O–H groups in total. The van der Waals surface area contributed by atoms with Crippen LogP contribution in [-0.2, 0) is 12.8 Å². The maximum Gasteiger partial charge on any atom is 0.129 e. The Balaban J connectivity index is 1.43. The first-order valence-electron chi connectivity index (χ1n) is 12.8. The molecule has 1 saturated carbocycles. The summed E-state index contributed by atoms with van der Waals surface area (Å²) < 4.78 is 30.4. The first kappa shape index (κ1) is 23.2. The Hall–Kier alpha value is -1.96. The molecule has 1 atom stereocenters. The molecule has 0 bridgehead atoms. The fourth-order valence-corrected chi connectivity index (χ4v) is 6.01. The third-order valence-corrected chi connectivity index (χ3v) is 7.86. The van der Waals surface area contributed by atoms with E-state index in [2.05, 4.69) is 31.2 Å². The minimum atomic E-state index is -0.330. The molecule has 0 heterocycles. The molecular formula is C30H38F2. The summed E-state index contributed by atoms with van der Waals surface area (Å²) in [7, 11) is 0. The fourth-order valence-electron chi connectivity index (χ4n) is 6.01. The Morgan fingerprint density at radius 1 is 0.875 bits per heavy atom. The molecule has 32 heavy (non-hydrogen) atoms. The quantitative estimate of drug-likeness (QED) is 0.380. The number of rotatable bonds is 7. The summed E-state index contributed by atoms with van der Waals surface area (Å²) in [6.45, 7) is 4.26. The monoisotopic (exact) mass is 436 g/mol. The summed E-state index contributed by atoms with van der Waals surface area (Å²) in [6, 6.07) is 9.78. The molecule has 2 aliphatic rings. The van der Waals surface area contributed by atoms with Gasteiger partial charge in [0.25, 0.3) is 0 Å². The van der Waals surface area contributed by atoms with Gasteiger partial charge in [0, 0.05) is 5.56 Å². The Labute approximate surface area is 193 Å². The first-order valence-corrected chi connectivity index (χ1v) is 12.8. The number of aryl methyl sites for hydroxylation is 1. The van der Waals surface area contributed by atoms with Crippen molar-refractivity contribution in [1.82, 2.24) is 0 Å². The minimum absolute atomic E-state index is 0.0709. The summed E-state index contributed by atoms with van der Waals surface area (Å²) in [5, 5.41) is 0. The number of hydrogen-bond donors (Lipinski definition) is 0. The lowest BCUT2D eigenvalue weighted by atomic mass is 9.75. The zero-order chi connectivity index (χ0) is 22.5. The summed E-state index contributed by atoms with van der Waals surface area (Å²) in [5.41, 5.74) is 4.95. The van der Waals surface area contributed by atoms with Crippen LogP contribution in [0.4, 0.5) is 8.78 Å². The molecule has 1 fully saturated rings. The molecule has 2 aromatic carbocycles. The summed E-state index contributed by atoms with van der Waals surface area (Å²) in [5.74, 6) is 0.390. The number of fused-ring (bicyclic) bond motifs is 1. The summed E-state index contributed by atoms with van der Waals surface area (Å²) in [6.07, 6.45) is 16.3. The highest BCUT2D eigenvalue weighted by atomic mass is 19.1. The molecule has 1 unspecified atom stereocenters. The van der Waals surface area contributed by atoms with Crippen molar-refractivity contribution in [3.8, 4) is 0 Å². The van der Waals surface area contributed by atoms with Gasteiger partial charge < -0.3 is 0 Å². The third kappa shape index (κ3) is 5.33. The molecular weight excluding hydrogens is 398 g/mol. The van der Waals surface area contributed by atoms with Gasteiger partial charge in [-0.3, -0.25) is 0 Å². The number of halogens is 2. The van der Waals surface area contributed by atoms with Crippen LogP contribution >= 0.6 is 0 Å². The van der Waals surface area contributed by atoms with E-state index in [4.69, 9.17) is 0 Å². The molecule has 4 rings (SSSR count). The second-order valence-corrected chi connectivity index (χ2v) is 10.1. The van der Waals surface area contributed by atoms with Crippen LogP contribution < -0.4 is 0 Å². The summed E-state index contributed by atoms with van der Waals surface area (Å²) >= 11 is 0. The van der Waals surface area contributed by atoms with Crippen LogP contribution in [0.5, 0.6) is 0 Å². The van der Waals surface area contributed by atoms with Crippen LogP contribution in [-0.4, -0.2) is 0 Å². The average molecular weight is 437 g/mol. The molecule has 0 aromatic heterocycles. The van der Waals surface area contributed by atoms with E-state index in [9.17, 15) is 0 Å².